The molecule has 0 aliphatic heterocycles. The van der Waals surface area contributed by atoms with Gasteiger partial charge in [0.1, 0.15) is 5.82 Å². The van der Waals surface area contributed by atoms with Crippen LogP contribution in [0.5, 0.6) is 11.5 Å². The Morgan fingerprint density at radius 3 is 2.57 bits per heavy atom. The van der Waals surface area contributed by atoms with E-state index in [0.717, 1.165) is 16.4 Å². The molecule has 0 unspecified atom stereocenters. The Bertz CT molecular complexity index is 976. The first-order valence-electron chi connectivity index (χ1n) is 9.72. The predicted molar refractivity (Wildman–Crippen MR) is 116 cm³/mol. The molecule has 1 heterocycles. The zero-order valence-electron chi connectivity index (χ0n) is 16.9. The van der Waals surface area contributed by atoms with E-state index in [0.29, 0.717) is 42.6 Å². The fourth-order valence-corrected chi connectivity index (χ4v) is 3.47. The van der Waals surface area contributed by atoms with Crippen LogP contribution in [-0.2, 0) is 0 Å². The quantitative estimate of drug-likeness (QED) is 0.366. The van der Waals surface area contributed by atoms with Gasteiger partial charge in [0.05, 0.1) is 25.1 Å². The van der Waals surface area contributed by atoms with Crippen LogP contribution in [0.15, 0.2) is 53.8 Å². The number of carbonyl (C=O) groups excluding carboxylic acids is 1. The van der Waals surface area contributed by atoms with Gasteiger partial charge < -0.3 is 19.8 Å². The molecular weight excluding hydrogens is 405 g/mol. The number of benzene rings is 2. The van der Waals surface area contributed by atoms with E-state index in [1.807, 2.05) is 13.8 Å². The Balaban J connectivity index is 1.50. The maximum absolute atomic E-state index is 13.0. The van der Waals surface area contributed by atoms with Gasteiger partial charge in [-0.2, -0.15) is 0 Å². The first kappa shape index (κ1) is 21.7. The SMILES string of the molecule is CCOc1ccc(C(=O)NCCSc2ncc(-c3ccc(F)cc3)[nH]2)cc1OCC. The van der Waals surface area contributed by atoms with Crippen LogP contribution in [0.2, 0.25) is 0 Å². The summed E-state index contributed by atoms with van der Waals surface area (Å²) in [6.45, 7) is 5.28. The minimum absolute atomic E-state index is 0.175. The molecule has 6 nitrogen and oxygen atoms in total. The maximum atomic E-state index is 13.0. The molecule has 3 aromatic rings. The number of nitrogens with one attached hydrogen (secondary N) is 2. The van der Waals surface area contributed by atoms with Crippen LogP contribution >= 0.6 is 11.8 Å². The highest BCUT2D eigenvalue weighted by atomic mass is 32.2. The lowest BCUT2D eigenvalue weighted by Crippen LogP contribution is -2.25. The van der Waals surface area contributed by atoms with Gasteiger partial charge in [-0.05, 0) is 61.9 Å². The van der Waals surface area contributed by atoms with Gasteiger partial charge in [-0.1, -0.05) is 11.8 Å². The number of ether oxygens (including phenoxy) is 2. The summed E-state index contributed by atoms with van der Waals surface area (Å²) in [4.78, 5) is 19.9. The monoisotopic (exact) mass is 429 g/mol. The number of thioether (sulfide) groups is 1. The van der Waals surface area contributed by atoms with Gasteiger partial charge in [0.25, 0.3) is 5.91 Å². The van der Waals surface area contributed by atoms with E-state index in [-0.39, 0.29) is 11.7 Å². The van der Waals surface area contributed by atoms with Crippen molar-refractivity contribution in [2.24, 2.45) is 0 Å². The van der Waals surface area contributed by atoms with E-state index in [2.05, 4.69) is 15.3 Å². The van der Waals surface area contributed by atoms with E-state index >= 15 is 0 Å². The highest BCUT2D eigenvalue weighted by Crippen LogP contribution is 2.28. The second-order valence-corrected chi connectivity index (χ2v) is 7.32. The minimum atomic E-state index is -0.274. The molecule has 0 spiro atoms. The first-order chi connectivity index (χ1) is 14.6. The number of aromatic nitrogens is 2. The zero-order chi connectivity index (χ0) is 21.3. The molecule has 0 aliphatic rings. The standard InChI is InChI=1S/C22H24FN3O3S/c1-3-28-19-10-7-16(13-20(19)29-4-2)21(27)24-11-12-30-22-25-14-18(26-22)15-5-8-17(23)9-6-15/h5-10,13-14H,3-4,11-12H2,1-2H3,(H,24,27)(H,25,26). The fraction of sp³-hybridized carbons (Fsp3) is 0.273. The number of imidazole rings is 1. The molecule has 0 saturated heterocycles. The molecule has 0 aliphatic carbocycles. The third-order valence-corrected chi connectivity index (χ3v) is 5.03. The molecule has 0 radical (unpaired) electrons. The highest BCUT2D eigenvalue weighted by Gasteiger charge is 2.11. The lowest BCUT2D eigenvalue weighted by atomic mass is 10.2. The zero-order valence-corrected chi connectivity index (χ0v) is 17.7. The number of amides is 1. The molecule has 1 aromatic heterocycles. The van der Waals surface area contributed by atoms with E-state index < -0.39 is 0 Å². The summed E-state index contributed by atoms with van der Waals surface area (Å²) in [5, 5.41) is 3.63. The molecule has 158 valence electrons. The molecule has 3 rings (SSSR count). The molecule has 0 atom stereocenters. The molecule has 0 fully saturated rings. The maximum Gasteiger partial charge on any atom is 0.251 e. The Hall–Kier alpha value is -3.00. The summed E-state index contributed by atoms with van der Waals surface area (Å²) in [6.07, 6.45) is 1.71. The summed E-state index contributed by atoms with van der Waals surface area (Å²) in [5.41, 5.74) is 2.20. The van der Waals surface area contributed by atoms with E-state index in [1.165, 1.54) is 23.9 Å². The van der Waals surface area contributed by atoms with Gasteiger partial charge in [0.2, 0.25) is 0 Å². The number of carbonyl (C=O) groups is 1. The van der Waals surface area contributed by atoms with Crippen molar-refractivity contribution in [1.82, 2.24) is 15.3 Å². The number of halogens is 1. The topological polar surface area (TPSA) is 76.2 Å². The van der Waals surface area contributed by atoms with Crippen LogP contribution in [-0.4, -0.2) is 41.4 Å². The van der Waals surface area contributed by atoms with E-state index in [1.54, 1.807) is 36.5 Å². The van der Waals surface area contributed by atoms with Gasteiger partial charge in [-0.3, -0.25) is 4.79 Å². The summed E-state index contributed by atoms with van der Waals surface area (Å²) >= 11 is 1.50. The summed E-state index contributed by atoms with van der Waals surface area (Å²) < 4.78 is 24.1. The number of hydrogen-bond acceptors (Lipinski definition) is 5. The number of aromatic amines is 1. The molecule has 2 aromatic carbocycles. The van der Waals surface area contributed by atoms with Gasteiger partial charge in [0, 0.05) is 17.9 Å². The molecule has 0 saturated carbocycles. The lowest BCUT2D eigenvalue weighted by molar-refractivity contribution is 0.0955. The Labute approximate surface area is 179 Å². The number of rotatable bonds is 10. The van der Waals surface area contributed by atoms with Gasteiger partial charge >= 0.3 is 0 Å². The Morgan fingerprint density at radius 2 is 1.83 bits per heavy atom. The van der Waals surface area contributed by atoms with Crippen molar-refractivity contribution in [3.63, 3.8) is 0 Å². The second kappa shape index (κ2) is 10.7. The predicted octanol–water partition coefficient (Wildman–Crippen LogP) is 4.54. The summed E-state index contributed by atoms with van der Waals surface area (Å²) in [7, 11) is 0. The van der Waals surface area contributed by atoms with Crippen molar-refractivity contribution >= 4 is 17.7 Å². The van der Waals surface area contributed by atoms with Crippen molar-refractivity contribution in [1.29, 1.82) is 0 Å². The largest absolute Gasteiger partial charge is 0.490 e. The summed E-state index contributed by atoms with van der Waals surface area (Å²) in [6, 6.07) is 11.4. The second-order valence-electron chi connectivity index (χ2n) is 6.24. The van der Waals surface area contributed by atoms with Crippen molar-refractivity contribution in [2.45, 2.75) is 19.0 Å². The highest BCUT2D eigenvalue weighted by molar-refractivity contribution is 7.99. The van der Waals surface area contributed by atoms with Crippen LogP contribution in [0.1, 0.15) is 24.2 Å². The molecule has 8 heteroatoms. The van der Waals surface area contributed by atoms with Crippen LogP contribution in [0.4, 0.5) is 4.39 Å². The molecule has 2 N–H and O–H groups in total. The molecular formula is C22H24FN3O3S. The van der Waals surface area contributed by atoms with E-state index in [4.69, 9.17) is 9.47 Å². The van der Waals surface area contributed by atoms with Crippen LogP contribution in [0, 0.1) is 5.82 Å². The average Bonchev–Trinajstić information content (AvgIpc) is 3.22. The van der Waals surface area contributed by atoms with Gasteiger partial charge in [0.15, 0.2) is 16.7 Å². The van der Waals surface area contributed by atoms with E-state index in [9.17, 15) is 9.18 Å². The Morgan fingerprint density at radius 1 is 1.10 bits per heavy atom. The number of H-pyrrole nitrogens is 1. The normalized spacial score (nSPS) is 10.6. The van der Waals surface area contributed by atoms with Gasteiger partial charge in [-0.25, -0.2) is 9.37 Å². The van der Waals surface area contributed by atoms with Crippen molar-refractivity contribution < 1.29 is 18.7 Å². The number of nitrogens with zero attached hydrogens (tertiary/aromatic N) is 1. The molecule has 30 heavy (non-hydrogen) atoms. The van der Waals surface area contributed by atoms with Crippen LogP contribution in [0.25, 0.3) is 11.3 Å². The van der Waals surface area contributed by atoms with Crippen molar-refractivity contribution in [2.75, 3.05) is 25.5 Å². The third kappa shape index (κ3) is 5.76. The minimum Gasteiger partial charge on any atom is -0.490 e. The average molecular weight is 430 g/mol. The lowest BCUT2D eigenvalue weighted by Gasteiger charge is -2.12. The summed E-state index contributed by atoms with van der Waals surface area (Å²) in [5.74, 6) is 1.39. The van der Waals surface area contributed by atoms with Crippen LogP contribution < -0.4 is 14.8 Å². The smallest absolute Gasteiger partial charge is 0.251 e. The fourth-order valence-electron chi connectivity index (χ4n) is 2.76. The van der Waals surface area contributed by atoms with Gasteiger partial charge in [-0.15, -0.1) is 0 Å². The van der Waals surface area contributed by atoms with Crippen molar-refractivity contribution in [3.05, 3.63) is 60.0 Å². The third-order valence-electron chi connectivity index (χ3n) is 4.14. The van der Waals surface area contributed by atoms with Crippen LogP contribution in [0.3, 0.4) is 0 Å². The molecule has 0 bridgehead atoms. The first-order valence-corrected chi connectivity index (χ1v) is 10.7. The Kier molecular flexibility index (Phi) is 7.73. The molecule has 1 amide bonds. The van der Waals surface area contributed by atoms with Crippen molar-refractivity contribution in [3.8, 4) is 22.8 Å². The number of hydrogen-bond donors (Lipinski definition) is 2.